The van der Waals surface area contributed by atoms with Gasteiger partial charge in [-0.25, -0.2) is 0 Å². The van der Waals surface area contributed by atoms with Crippen LogP contribution in [0.15, 0.2) is 17.5 Å². The number of carbonyl (C=O) groups excluding carboxylic acids is 2. The molecule has 6 nitrogen and oxygen atoms in total. The van der Waals surface area contributed by atoms with Gasteiger partial charge in [0.25, 0.3) is 0 Å². The average Bonchev–Trinajstić information content (AvgIpc) is 3.11. The van der Waals surface area contributed by atoms with Gasteiger partial charge in [0.2, 0.25) is 0 Å². The number of thiophene rings is 1. The molecule has 25 heavy (non-hydrogen) atoms. The van der Waals surface area contributed by atoms with Crippen LogP contribution in [0, 0.1) is 0 Å². The third-order valence-electron chi connectivity index (χ3n) is 4.84. The molecule has 140 valence electrons. The number of rotatable bonds is 6. The molecular weight excluding hydrogens is 336 g/mol. The fourth-order valence-electron chi connectivity index (χ4n) is 3.30. The molecule has 2 rings (SSSR count). The molecule has 1 saturated heterocycles. The monoisotopic (exact) mass is 366 g/mol. The summed E-state index contributed by atoms with van der Waals surface area (Å²) in [6.07, 6.45) is 0. The lowest BCUT2D eigenvalue weighted by Gasteiger charge is -2.40. The van der Waals surface area contributed by atoms with Crippen LogP contribution in [0.25, 0.3) is 0 Å². The standard InChI is InChI=1S/C18H30N4O2S/c1-5-21(6-2)18(24)17(23)19-14(3)16(15-8-7-13-25-15)22-11-9-20(4)10-12-22/h7-8,13-14,16H,5-6,9-12H2,1-4H3,(H,19,23). The maximum Gasteiger partial charge on any atom is 0.311 e. The van der Waals surface area contributed by atoms with Crippen LogP contribution < -0.4 is 5.32 Å². The summed E-state index contributed by atoms with van der Waals surface area (Å²) in [5.41, 5.74) is 0. The molecule has 2 amide bonds. The van der Waals surface area contributed by atoms with E-state index < -0.39 is 11.8 Å². The first-order chi connectivity index (χ1) is 12.0. The second-order valence-electron chi connectivity index (χ2n) is 6.54. The molecule has 7 heteroatoms. The van der Waals surface area contributed by atoms with E-state index in [2.05, 4.69) is 33.6 Å². The lowest BCUT2D eigenvalue weighted by molar-refractivity contribution is -0.146. The molecule has 0 spiro atoms. The average molecular weight is 367 g/mol. The van der Waals surface area contributed by atoms with Gasteiger partial charge < -0.3 is 15.1 Å². The van der Waals surface area contributed by atoms with Crippen LogP contribution in [0.5, 0.6) is 0 Å². The molecule has 2 atom stereocenters. The van der Waals surface area contributed by atoms with E-state index in [0.717, 1.165) is 26.2 Å². The van der Waals surface area contributed by atoms with Crippen molar-refractivity contribution in [2.75, 3.05) is 46.3 Å². The fourth-order valence-corrected chi connectivity index (χ4v) is 4.27. The molecular formula is C18H30N4O2S. The van der Waals surface area contributed by atoms with Crippen molar-refractivity contribution < 1.29 is 9.59 Å². The number of hydrogen-bond acceptors (Lipinski definition) is 5. The van der Waals surface area contributed by atoms with Crippen molar-refractivity contribution in [2.24, 2.45) is 0 Å². The normalized spacial score (nSPS) is 18.6. The van der Waals surface area contributed by atoms with Gasteiger partial charge in [0, 0.05) is 50.2 Å². The highest BCUT2D eigenvalue weighted by Gasteiger charge is 2.31. The predicted molar refractivity (Wildman–Crippen MR) is 102 cm³/mol. The highest BCUT2D eigenvalue weighted by atomic mass is 32.1. The second kappa shape index (κ2) is 9.31. The number of amides is 2. The van der Waals surface area contributed by atoms with E-state index >= 15 is 0 Å². The Morgan fingerprint density at radius 2 is 1.88 bits per heavy atom. The Balaban J connectivity index is 2.09. The van der Waals surface area contributed by atoms with Crippen molar-refractivity contribution in [3.8, 4) is 0 Å². The van der Waals surface area contributed by atoms with Gasteiger partial charge in [0.15, 0.2) is 0 Å². The van der Waals surface area contributed by atoms with Gasteiger partial charge in [-0.05, 0) is 39.3 Å². The van der Waals surface area contributed by atoms with E-state index in [0.29, 0.717) is 13.1 Å². The van der Waals surface area contributed by atoms with Crippen molar-refractivity contribution in [3.05, 3.63) is 22.4 Å². The predicted octanol–water partition coefficient (Wildman–Crippen LogP) is 1.41. The quantitative estimate of drug-likeness (QED) is 0.774. The van der Waals surface area contributed by atoms with E-state index in [1.165, 1.54) is 4.88 Å². The van der Waals surface area contributed by atoms with Crippen LogP contribution in [0.4, 0.5) is 0 Å². The number of nitrogens with one attached hydrogen (secondary N) is 1. The summed E-state index contributed by atoms with van der Waals surface area (Å²) in [7, 11) is 2.13. The fraction of sp³-hybridized carbons (Fsp3) is 0.667. The number of hydrogen-bond donors (Lipinski definition) is 1. The summed E-state index contributed by atoms with van der Waals surface area (Å²) >= 11 is 1.70. The molecule has 0 aromatic carbocycles. The van der Waals surface area contributed by atoms with Gasteiger partial charge in [-0.3, -0.25) is 14.5 Å². The topological polar surface area (TPSA) is 55.9 Å². The minimum absolute atomic E-state index is 0.0992. The smallest absolute Gasteiger partial charge is 0.311 e. The Bertz CT molecular complexity index is 551. The zero-order chi connectivity index (χ0) is 18.4. The van der Waals surface area contributed by atoms with Crippen LogP contribution in [0.3, 0.4) is 0 Å². The molecule has 2 heterocycles. The van der Waals surface area contributed by atoms with Crippen molar-refractivity contribution in [1.82, 2.24) is 20.0 Å². The molecule has 1 aliphatic heterocycles. The molecule has 0 saturated carbocycles. The van der Waals surface area contributed by atoms with Crippen LogP contribution in [-0.4, -0.2) is 78.9 Å². The van der Waals surface area contributed by atoms with Crippen LogP contribution in [0.2, 0.25) is 0 Å². The Morgan fingerprint density at radius 3 is 2.40 bits per heavy atom. The van der Waals surface area contributed by atoms with Gasteiger partial charge >= 0.3 is 11.8 Å². The maximum absolute atomic E-state index is 12.4. The van der Waals surface area contributed by atoms with Crippen molar-refractivity contribution in [1.29, 1.82) is 0 Å². The van der Waals surface area contributed by atoms with E-state index in [-0.39, 0.29) is 12.1 Å². The molecule has 2 unspecified atom stereocenters. The lowest BCUT2D eigenvalue weighted by atomic mass is 10.0. The third kappa shape index (κ3) is 5.03. The first-order valence-corrected chi connectivity index (χ1v) is 9.91. The maximum atomic E-state index is 12.4. The molecule has 1 fully saturated rings. The Morgan fingerprint density at radius 1 is 1.24 bits per heavy atom. The number of carbonyl (C=O) groups is 2. The van der Waals surface area contributed by atoms with E-state index in [1.807, 2.05) is 26.8 Å². The lowest BCUT2D eigenvalue weighted by Crippen LogP contribution is -2.53. The minimum atomic E-state index is -0.508. The zero-order valence-electron chi connectivity index (χ0n) is 15.7. The van der Waals surface area contributed by atoms with E-state index in [1.54, 1.807) is 16.2 Å². The zero-order valence-corrected chi connectivity index (χ0v) is 16.5. The van der Waals surface area contributed by atoms with Crippen molar-refractivity contribution in [3.63, 3.8) is 0 Å². The minimum Gasteiger partial charge on any atom is -0.343 e. The number of piperazine rings is 1. The molecule has 1 N–H and O–H groups in total. The number of likely N-dealkylation sites (N-methyl/N-ethyl adjacent to an activating group) is 2. The Kier molecular flexibility index (Phi) is 7.40. The van der Waals surface area contributed by atoms with Crippen LogP contribution in [0.1, 0.15) is 31.7 Å². The van der Waals surface area contributed by atoms with Gasteiger partial charge in [-0.1, -0.05) is 6.07 Å². The largest absolute Gasteiger partial charge is 0.343 e. The Labute approximate surface area is 154 Å². The highest BCUT2D eigenvalue weighted by molar-refractivity contribution is 7.10. The first-order valence-electron chi connectivity index (χ1n) is 9.03. The highest BCUT2D eigenvalue weighted by Crippen LogP contribution is 2.29. The van der Waals surface area contributed by atoms with Gasteiger partial charge in [0.05, 0.1) is 6.04 Å². The summed E-state index contributed by atoms with van der Waals surface area (Å²) in [6.45, 7) is 10.8. The van der Waals surface area contributed by atoms with Crippen LogP contribution >= 0.6 is 11.3 Å². The SMILES string of the molecule is CCN(CC)C(=O)C(=O)NC(C)C(c1cccs1)N1CCN(C)CC1. The summed E-state index contributed by atoms with van der Waals surface area (Å²) in [5, 5.41) is 5.01. The third-order valence-corrected chi connectivity index (χ3v) is 5.79. The summed E-state index contributed by atoms with van der Waals surface area (Å²) in [5.74, 6) is -0.952. The summed E-state index contributed by atoms with van der Waals surface area (Å²) in [4.78, 5) is 32.2. The molecule has 0 aliphatic carbocycles. The Hall–Kier alpha value is -1.44. The van der Waals surface area contributed by atoms with E-state index in [9.17, 15) is 9.59 Å². The van der Waals surface area contributed by atoms with Crippen molar-refractivity contribution >= 4 is 23.2 Å². The van der Waals surface area contributed by atoms with Crippen LogP contribution in [-0.2, 0) is 9.59 Å². The van der Waals surface area contributed by atoms with E-state index in [4.69, 9.17) is 0 Å². The summed E-state index contributed by atoms with van der Waals surface area (Å²) < 4.78 is 0. The second-order valence-corrected chi connectivity index (χ2v) is 7.52. The van der Waals surface area contributed by atoms with Gasteiger partial charge in [0.1, 0.15) is 0 Å². The molecule has 1 aliphatic rings. The van der Waals surface area contributed by atoms with Gasteiger partial charge in [-0.2, -0.15) is 0 Å². The van der Waals surface area contributed by atoms with Crippen molar-refractivity contribution in [2.45, 2.75) is 32.9 Å². The molecule has 0 radical (unpaired) electrons. The summed E-state index contributed by atoms with van der Waals surface area (Å²) in [6, 6.07) is 4.12. The first kappa shape index (κ1) is 19.9. The van der Waals surface area contributed by atoms with Gasteiger partial charge in [-0.15, -0.1) is 11.3 Å². The molecule has 1 aromatic rings. The molecule has 0 bridgehead atoms. The molecule has 1 aromatic heterocycles. The number of nitrogens with zero attached hydrogens (tertiary/aromatic N) is 3.